The number of ether oxygens (including phenoxy) is 1. The van der Waals surface area contributed by atoms with Gasteiger partial charge in [-0.15, -0.1) is 0 Å². The van der Waals surface area contributed by atoms with Crippen molar-refractivity contribution in [3.8, 4) is 0 Å². The first-order valence-electron chi connectivity index (χ1n) is 9.92. The van der Waals surface area contributed by atoms with Crippen LogP contribution in [-0.4, -0.2) is 19.1 Å². The number of carbonyl (C=O) groups is 1. The van der Waals surface area contributed by atoms with Gasteiger partial charge in [0.15, 0.2) is 17.5 Å². The van der Waals surface area contributed by atoms with Crippen LogP contribution in [0.3, 0.4) is 0 Å². The Morgan fingerprint density at radius 1 is 1.07 bits per heavy atom. The van der Waals surface area contributed by atoms with Crippen molar-refractivity contribution >= 4 is 5.91 Å². The average molecular weight is 433 g/mol. The highest BCUT2D eigenvalue weighted by Gasteiger charge is 2.37. The Morgan fingerprint density at radius 3 is 2.47 bits per heavy atom. The summed E-state index contributed by atoms with van der Waals surface area (Å²) in [5.41, 5.74) is -1.32. The summed E-state index contributed by atoms with van der Waals surface area (Å²) in [6.07, 6.45) is 6.07. The fraction of sp³-hybridized carbons (Fsp3) is 0.500. The second kappa shape index (κ2) is 13.2. The highest BCUT2D eigenvalue weighted by molar-refractivity contribution is 5.87. The Bertz CT molecular complexity index is 732. The van der Waals surface area contributed by atoms with E-state index in [1.54, 1.807) is 12.2 Å². The van der Waals surface area contributed by atoms with E-state index in [0.717, 1.165) is 19.3 Å². The zero-order chi connectivity index (χ0) is 22.6. The third-order valence-corrected chi connectivity index (χ3v) is 4.08. The lowest BCUT2D eigenvalue weighted by Gasteiger charge is -2.18. The molecule has 1 rings (SSSR count). The van der Waals surface area contributed by atoms with E-state index < -0.39 is 29.1 Å². The first kappa shape index (κ1) is 25.8. The molecular formula is C22H28F5NO2. The molecule has 0 atom stereocenters. The molecule has 0 saturated carbocycles. The van der Waals surface area contributed by atoms with Gasteiger partial charge in [-0.1, -0.05) is 44.9 Å². The molecule has 168 valence electrons. The lowest BCUT2D eigenvalue weighted by atomic mass is 10.1. The summed E-state index contributed by atoms with van der Waals surface area (Å²) in [5.74, 6) is -5.19. The smallest absolute Gasteiger partial charge is 0.352 e. The van der Waals surface area contributed by atoms with Crippen molar-refractivity contribution in [3.05, 3.63) is 59.5 Å². The molecule has 0 spiro atoms. The first-order chi connectivity index (χ1) is 14.1. The molecule has 0 bridgehead atoms. The Morgan fingerprint density at radius 2 is 1.77 bits per heavy atom. The van der Waals surface area contributed by atoms with E-state index in [9.17, 15) is 26.7 Å². The van der Waals surface area contributed by atoms with E-state index in [0.29, 0.717) is 37.4 Å². The van der Waals surface area contributed by atoms with Crippen LogP contribution in [-0.2, 0) is 15.6 Å². The molecule has 1 amide bonds. The molecule has 8 heteroatoms. The highest BCUT2D eigenvalue weighted by Crippen LogP contribution is 2.33. The van der Waals surface area contributed by atoms with Crippen molar-refractivity contribution in [1.29, 1.82) is 0 Å². The van der Waals surface area contributed by atoms with Gasteiger partial charge in [-0.05, 0) is 37.3 Å². The Balaban J connectivity index is 2.18. The van der Waals surface area contributed by atoms with Crippen LogP contribution in [0.4, 0.5) is 22.0 Å². The van der Waals surface area contributed by atoms with E-state index in [-0.39, 0.29) is 12.5 Å². The summed E-state index contributed by atoms with van der Waals surface area (Å²) < 4.78 is 71.4. The van der Waals surface area contributed by atoms with Crippen molar-refractivity contribution in [3.63, 3.8) is 0 Å². The topological polar surface area (TPSA) is 38.3 Å². The summed E-state index contributed by atoms with van der Waals surface area (Å²) >= 11 is 0. The van der Waals surface area contributed by atoms with Crippen LogP contribution >= 0.6 is 0 Å². The molecule has 0 unspecified atom stereocenters. The monoisotopic (exact) mass is 433 g/mol. The Hall–Kier alpha value is -2.22. The SMILES string of the molecule is CC(C)CNC(=O)C=CC=CCCCCCCOC(F)(F)c1ccc(F)c(F)c1F. The van der Waals surface area contributed by atoms with Gasteiger partial charge in [0, 0.05) is 12.6 Å². The summed E-state index contributed by atoms with van der Waals surface area (Å²) in [6, 6.07) is 0.911. The molecule has 1 aromatic carbocycles. The van der Waals surface area contributed by atoms with Gasteiger partial charge in [0.2, 0.25) is 5.91 Å². The second-order valence-electron chi connectivity index (χ2n) is 7.22. The molecule has 0 heterocycles. The van der Waals surface area contributed by atoms with Gasteiger partial charge in [-0.25, -0.2) is 13.2 Å². The molecule has 1 N–H and O–H groups in total. The second-order valence-corrected chi connectivity index (χ2v) is 7.22. The molecule has 0 aromatic heterocycles. The van der Waals surface area contributed by atoms with Crippen LogP contribution in [0.1, 0.15) is 51.5 Å². The Kier molecular flexibility index (Phi) is 11.3. The number of amides is 1. The van der Waals surface area contributed by atoms with Crippen LogP contribution in [0.25, 0.3) is 0 Å². The number of hydrogen-bond donors (Lipinski definition) is 1. The number of carbonyl (C=O) groups excluding carboxylic acids is 1. The molecule has 0 aliphatic heterocycles. The number of alkyl halides is 2. The Labute approximate surface area is 174 Å². The highest BCUT2D eigenvalue weighted by atomic mass is 19.3. The summed E-state index contributed by atoms with van der Waals surface area (Å²) in [7, 11) is 0. The molecule has 1 aromatic rings. The van der Waals surface area contributed by atoms with Crippen molar-refractivity contribution < 1.29 is 31.5 Å². The number of allylic oxidation sites excluding steroid dienone is 3. The minimum Gasteiger partial charge on any atom is -0.352 e. The maximum Gasteiger partial charge on any atom is 0.386 e. The molecule has 0 radical (unpaired) electrons. The molecule has 3 nitrogen and oxygen atoms in total. The van der Waals surface area contributed by atoms with E-state index in [1.807, 2.05) is 19.9 Å². The third kappa shape index (κ3) is 9.52. The number of rotatable bonds is 13. The first-order valence-corrected chi connectivity index (χ1v) is 9.92. The van der Waals surface area contributed by atoms with Gasteiger partial charge < -0.3 is 10.1 Å². The van der Waals surface area contributed by atoms with E-state index >= 15 is 0 Å². The largest absolute Gasteiger partial charge is 0.386 e. The lowest BCUT2D eigenvalue weighted by Crippen LogP contribution is -2.25. The number of halogens is 5. The maximum absolute atomic E-state index is 13.8. The van der Waals surface area contributed by atoms with Crippen LogP contribution in [0.15, 0.2) is 36.4 Å². The number of nitrogens with one attached hydrogen (secondary N) is 1. The number of hydrogen-bond acceptors (Lipinski definition) is 2. The van der Waals surface area contributed by atoms with Crippen LogP contribution in [0, 0.1) is 23.4 Å². The minimum atomic E-state index is -4.03. The van der Waals surface area contributed by atoms with E-state index in [2.05, 4.69) is 10.1 Å². The van der Waals surface area contributed by atoms with Crippen molar-refractivity contribution in [2.45, 2.75) is 52.1 Å². The van der Waals surface area contributed by atoms with Crippen molar-refractivity contribution in [2.75, 3.05) is 13.2 Å². The van der Waals surface area contributed by atoms with Crippen LogP contribution < -0.4 is 5.32 Å². The molecule has 0 aliphatic rings. The molecule has 0 aliphatic carbocycles. The fourth-order valence-corrected chi connectivity index (χ4v) is 2.43. The molecule has 0 fully saturated rings. The van der Waals surface area contributed by atoms with Crippen molar-refractivity contribution in [1.82, 2.24) is 5.32 Å². The normalized spacial score (nSPS) is 12.4. The maximum atomic E-state index is 13.8. The number of benzene rings is 1. The van der Waals surface area contributed by atoms with E-state index in [1.165, 1.54) is 6.08 Å². The zero-order valence-electron chi connectivity index (χ0n) is 17.2. The third-order valence-electron chi connectivity index (χ3n) is 4.08. The van der Waals surface area contributed by atoms with Gasteiger partial charge in [0.25, 0.3) is 0 Å². The molecular weight excluding hydrogens is 405 g/mol. The van der Waals surface area contributed by atoms with Gasteiger partial charge in [0.05, 0.1) is 12.2 Å². The van der Waals surface area contributed by atoms with Gasteiger partial charge in [-0.3, -0.25) is 4.79 Å². The number of unbranched alkanes of at least 4 members (excludes halogenated alkanes) is 4. The summed E-state index contributed by atoms with van der Waals surface area (Å²) in [6.45, 7) is 4.30. The molecule has 0 saturated heterocycles. The van der Waals surface area contributed by atoms with Gasteiger partial charge in [-0.2, -0.15) is 8.78 Å². The van der Waals surface area contributed by atoms with Gasteiger partial charge in [0.1, 0.15) is 0 Å². The standard InChI is InChI=1S/C22H28F5NO2/c1-16(2)15-28-19(29)11-9-7-5-3-4-6-8-10-14-30-22(26,27)17-12-13-18(23)21(25)20(17)24/h5,7,9,11-13,16H,3-4,6,8,10,14-15H2,1-2H3,(H,28,29). The fourth-order valence-electron chi connectivity index (χ4n) is 2.43. The van der Waals surface area contributed by atoms with Crippen molar-refractivity contribution in [2.24, 2.45) is 5.92 Å². The van der Waals surface area contributed by atoms with Gasteiger partial charge >= 0.3 is 6.11 Å². The zero-order valence-corrected chi connectivity index (χ0v) is 17.2. The molecule has 30 heavy (non-hydrogen) atoms. The lowest BCUT2D eigenvalue weighted by molar-refractivity contribution is -0.250. The predicted octanol–water partition coefficient (Wildman–Crippen LogP) is 6.00. The van der Waals surface area contributed by atoms with E-state index in [4.69, 9.17) is 0 Å². The quantitative estimate of drug-likeness (QED) is 0.136. The van der Waals surface area contributed by atoms with Crippen LogP contribution in [0.5, 0.6) is 0 Å². The minimum absolute atomic E-state index is 0.145. The average Bonchev–Trinajstić information content (AvgIpc) is 2.68. The predicted molar refractivity (Wildman–Crippen MR) is 105 cm³/mol. The summed E-state index contributed by atoms with van der Waals surface area (Å²) in [4.78, 5) is 11.4. The van der Waals surface area contributed by atoms with Crippen LogP contribution in [0.2, 0.25) is 0 Å². The summed E-state index contributed by atoms with van der Waals surface area (Å²) in [5, 5.41) is 2.76.